The molecule has 1 aromatic rings. The number of hydrogen-bond donors (Lipinski definition) is 2. The van der Waals surface area contributed by atoms with E-state index in [0.29, 0.717) is 6.54 Å². The maximum Gasteiger partial charge on any atom is 0.0769 e. The molecule has 0 radical (unpaired) electrons. The topological polar surface area (TPSA) is 58.0 Å². The van der Waals surface area contributed by atoms with E-state index in [1.54, 1.807) is 6.20 Å². The van der Waals surface area contributed by atoms with E-state index in [-0.39, 0.29) is 12.1 Å². The van der Waals surface area contributed by atoms with Crippen molar-refractivity contribution >= 4 is 0 Å². The van der Waals surface area contributed by atoms with Gasteiger partial charge >= 0.3 is 0 Å². The van der Waals surface area contributed by atoms with Gasteiger partial charge in [0.2, 0.25) is 0 Å². The zero-order valence-corrected chi connectivity index (χ0v) is 8.76. The van der Waals surface area contributed by atoms with Gasteiger partial charge in [0, 0.05) is 18.8 Å². The van der Waals surface area contributed by atoms with Gasteiger partial charge in [-0.3, -0.25) is 0 Å². The molecule has 82 valence electrons. The molecule has 0 aromatic carbocycles. The summed E-state index contributed by atoms with van der Waals surface area (Å²) in [5.74, 6) is 0. The van der Waals surface area contributed by atoms with Crippen LogP contribution in [0.5, 0.6) is 0 Å². The van der Waals surface area contributed by atoms with Crippen LogP contribution in [0.2, 0.25) is 0 Å². The maximum atomic E-state index is 9.75. The van der Waals surface area contributed by atoms with Crippen LogP contribution in [-0.2, 0) is 6.54 Å². The highest BCUT2D eigenvalue weighted by atomic mass is 16.3. The number of rotatable bonds is 3. The Bertz CT molecular complexity index is 291. The first kappa shape index (κ1) is 10.5. The van der Waals surface area contributed by atoms with Gasteiger partial charge in [-0.25, -0.2) is 0 Å². The van der Waals surface area contributed by atoms with Crippen LogP contribution < -0.4 is 5.32 Å². The van der Waals surface area contributed by atoms with E-state index < -0.39 is 0 Å². The highest BCUT2D eigenvalue weighted by Gasteiger charge is 2.22. The molecule has 0 amide bonds. The van der Waals surface area contributed by atoms with Crippen molar-refractivity contribution in [3.8, 4) is 0 Å². The van der Waals surface area contributed by atoms with Crippen molar-refractivity contribution < 1.29 is 5.11 Å². The van der Waals surface area contributed by atoms with Gasteiger partial charge in [-0.1, -0.05) is 12.8 Å². The smallest absolute Gasteiger partial charge is 0.0769 e. The van der Waals surface area contributed by atoms with Crippen LogP contribution in [0.15, 0.2) is 18.3 Å². The summed E-state index contributed by atoms with van der Waals surface area (Å²) in [5, 5.41) is 20.9. The molecule has 1 fully saturated rings. The van der Waals surface area contributed by atoms with Crippen LogP contribution in [-0.4, -0.2) is 27.4 Å². The Hall–Kier alpha value is -1.00. The molecule has 0 spiro atoms. The molecule has 1 heterocycles. The molecule has 1 aromatic heterocycles. The van der Waals surface area contributed by atoms with Crippen molar-refractivity contribution in [3.63, 3.8) is 0 Å². The second kappa shape index (κ2) is 5.19. The summed E-state index contributed by atoms with van der Waals surface area (Å²) in [5.41, 5.74) is 0.926. The summed E-state index contributed by atoms with van der Waals surface area (Å²) in [6, 6.07) is 4.04. The van der Waals surface area contributed by atoms with Crippen molar-refractivity contribution in [3.05, 3.63) is 24.0 Å². The Morgan fingerprint density at radius 1 is 1.40 bits per heavy atom. The number of nitrogens with zero attached hydrogens (tertiary/aromatic N) is 2. The Morgan fingerprint density at radius 3 is 3.00 bits per heavy atom. The van der Waals surface area contributed by atoms with Gasteiger partial charge in [-0.15, -0.1) is 0 Å². The van der Waals surface area contributed by atoms with Crippen molar-refractivity contribution in [2.24, 2.45) is 0 Å². The van der Waals surface area contributed by atoms with Crippen LogP contribution in [0.3, 0.4) is 0 Å². The van der Waals surface area contributed by atoms with Crippen molar-refractivity contribution in [2.75, 3.05) is 0 Å². The lowest BCUT2D eigenvalue weighted by Gasteiger charge is -2.28. The van der Waals surface area contributed by atoms with Gasteiger partial charge < -0.3 is 10.4 Å². The molecule has 0 bridgehead atoms. The maximum absolute atomic E-state index is 9.75. The molecule has 2 N–H and O–H groups in total. The fourth-order valence-corrected chi connectivity index (χ4v) is 2.01. The molecule has 1 aliphatic carbocycles. The number of aromatic nitrogens is 2. The molecule has 4 heteroatoms. The first-order valence-corrected chi connectivity index (χ1v) is 5.54. The van der Waals surface area contributed by atoms with E-state index >= 15 is 0 Å². The third-order valence-corrected chi connectivity index (χ3v) is 2.90. The van der Waals surface area contributed by atoms with Crippen molar-refractivity contribution in [1.29, 1.82) is 0 Å². The molecule has 2 atom stereocenters. The lowest BCUT2D eigenvalue weighted by atomic mass is 9.92. The lowest BCUT2D eigenvalue weighted by Crippen LogP contribution is -2.41. The second-order valence-electron chi connectivity index (χ2n) is 4.05. The fraction of sp³-hybridized carbons (Fsp3) is 0.636. The summed E-state index contributed by atoms with van der Waals surface area (Å²) in [4.78, 5) is 0. The van der Waals surface area contributed by atoms with Gasteiger partial charge in [-0.05, 0) is 25.0 Å². The van der Waals surface area contributed by atoms with Gasteiger partial charge in [-0.2, -0.15) is 10.2 Å². The van der Waals surface area contributed by atoms with Gasteiger partial charge in [0.25, 0.3) is 0 Å². The van der Waals surface area contributed by atoms with E-state index in [1.165, 1.54) is 6.42 Å². The average molecular weight is 207 g/mol. The standard InChI is InChI=1S/C11H17N3O/c15-11-6-2-1-5-10(11)12-8-9-4-3-7-13-14-9/h3-4,7,10-12,15H,1-2,5-6,8H2/t10-,11-/m0/s1. The number of aliphatic hydroxyl groups excluding tert-OH is 1. The van der Waals surface area contributed by atoms with E-state index in [2.05, 4.69) is 15.5 Å². The quantitative estimate of drug-likeness (QED) is 0.772. The second-order valence-corrected chi connectivity index (χ2v) is 4.05. The molecule has 0 unspecified atom stereocenters. The van der Waals surface area contributed by atoms with Gasteiger partial charge in [0.15, 0.2) is 0 Å². The average Bonchev–Trinajstić information content (AvgIpc) is 2.29. The third-order valence-electron chi connectivity index (χ3n) is 2.90. The van der Waals surface area contributed by atoms with Crippen LogP contribution in [0.4, 0.5) is 0 Å². The Kier molecular flexibility index (Phi) is 3.64. The van der Waals surface area contributed by atoms with Crippen LogP contribution in [0.25, 0.3) is 0 Å². The Morgan fingerprint density at radius 2 is 2.27 bits per heavy atom. The van der Waals surface area contributed by atoms with Gasteiger partial charge in [0.1, 0.15) is 0 Å². The lowest BCUT2D eigenvalue weighted by molar-refractivity contribution is 0.0900. The number of aliphatic hydroxyl groups is 1. The molecule has 1 saturated carbocycles. The summed E-state index contributed by atoms with van der Waals surface area (Å²) in [7, 11) is 0. The largest absolute Gasteiger partial charge is 0.392 e. The van der Waals surface area contributed by atoms with E-state index in [9.17, 15) is 5.11 Å². The third kappa shape index (κ3) is 2.97. The highest BCUT2D eigenvalue weighted by molar-refractivity contribution is 4.99. The number of nitrogens with one attached hydrogen (secondary N) is 1. The number of hydrogen-bond acceptors (Lipinski definition) is 4. The molecule has 4 nitrogen and oxygen atoms in total. The molecule has 0 aliphatic heterocycles. The monoisotopic (exact) mass is 207 g/mol. The van der Waals surface area contributed by atoms with Gasteiger partial charge in [0.05, 0.1) is 11.8 Å². The predicted molar refractivity (Wildman–Crippen MR) is 57.1 cm³/mol. The molecule has 1 aliphatic rings. The van der Waals surface area contributed by atoms with Crippen LogP contribution in [0, 0.1) is 0 Å². The zero-order chi connectivity index (χ0) is 10.5. The summed E-state index contributed by atoms with van der Waals surface area (Å²) in [6.45, 7) is 0.690. The molecule has 15 heavy (non-hydrogen) atoms. The molecular weight excluding hydrogens is 190 g/mol. The predicted octanol–water partition coefficient (Wildman–Crippen LogP) is 0.870. The SMILES string of the molecule is O[C@H]1CCCC[C@@H]1NCc1cccnn1. The normalized spacial score (nSPS) is 26.5. The minimum atomic E-state index is -0.199. The van der Waals surface area contributed by atoms with E-state index in [0.717, 1.165) is 25.0 Å². The minimum absolute atomic E-state index is 0.199. The molecular formula is C11H17N3O. The van der Waals surface area contributed by atoms with Crippen LogP contribution >= 0.6 is 0 Å². The summed E-state index contributed by atoms with van der Waals surface area (Å²) in [6.07, 6.45) is 5.79. The van der Waals surface area contributed by atoms with Crippen molar-refractivity contribution in [2.45, 2.75) is 44.4 Å². The zero-order valence-electron chi connectivity index (χ0n) is 8.76. The first-order chi connectivity index (χ1) is 7.36. The van der Waals surface area contributed by atoms with E-state index in [4.69, 9.17) is 0 Å². The summed E-state index contributed by atoms with van der Waals surface area (Å²) >= 11 is 0. The minimum Gasteiger partial charge on any atom is -0.392 e. The van der Waals surface area contributed by atoms with E-state index in [1.807, 2.05) is 12.1 Å². The molecule has 2 rings (SSSR count). The first-order valence-electron chi connectivity index (χ1n) is 5.54. The Balaban J connectivity index is 1.82. The van der Waals surface area contributed by atoms with Crippen LogP contribution in [0.1, 0.15) is 31.4 Å². The van der Waals surface area contributed by atoms with Crippen molar-refractivity contribution in [1.82, 2.24) is 15.5 Å². The fourth-order valence-electron chi connectivity index (χ4n) is 2.01. The highest BCUT2D eigenvalue weighted by Crippen LogP contribution is 2.18. The molecule has 0 saturated heterocycles. The summed E-state index contributed by atoms with van der Waals surface area (Å²) < 4.78 is 0. The Labute approximate surface area is 89.7 Å².